The molecule has 1 heterocycles. The fraction of sp³-hybridized carbons (Fsp3) is 0.211. The Labute approximate surface area is 182 Å². The van der Waals surface area contributed by atoms with Gasteiger partial charge in [-0.1, -0.05) is 34.8 Å². The number of nitrogens with one attached hydrogen (secondary N) is 1. The predicted molar refractivity (Wildman–Crippen MR) is 117 cm³/mol. The van der Waals surface area contributed by atoms with E-state index in [2.05, 4.69) is 10.3 Å². The van der Waals surface area contributed by atoms with Crippen molar-refractivity contribution < 1.29 is 9.59 Å². The quantitative estimate of drug-likeness (QED) is 0.482. The van der Waals surface area contributed by atoms with Gasteiger partial charge in [0.2, 0.25) is 0 Å². The first-order valence-corrected chi connectivity index (χ1v) is 9.85. The van der Waals surface area contributed by atoms with Gasteiger partial charge < -0.3 is 21.7 Å². The van der Waals surface area contributed by atoms with Crippen LogP contribution in [0.2, 0.25) is 15.1 Å². The van der Waals surface area contributed by atoms with E-state index in [1.807, 2.05) is 4.90 Å². The fourth-order valence-corrected chi connectivity index (χ4v) is 3.67. The zero-order chi connectivity index (χ0) is 21.1. The van der Waals surface area contributed by atoms with Crippen molar-refractivity contribution in [3.8, 4) is 0 Å². The third-order valence-electron chi connectivity index (χ3n) is 4.49. The summed E-state index contributed by atoms with van der Waals surface area (Å²) in [4.78, 5) is 30.2. The first-order valence-electron chi connectivity index (χ1n) is 8.72. The molecule has 0 radical (unpaired) electrons. The largest absolute Gasteiger partial charge is 0.370 e. The third-order valence-corrected chi connectivity index (χ3v) is 5.54. The molecule has 0 aliphatic carbocycles. The molecule has 29 heavy (non-hydrogen) atoms. The molecule has 2 aromatic rings. The molecular formula is C19H18Cl3N5O2. The van der Waals surface area contributed by atoms with Gasteiger partial charge in [0.05, 0.1) is 20.8 Å². The van der Waals surface area contributed by atoms with Gasteiger partial charge in [0.25, 0.3) is 11.8 Å². The van der Waals surface area contributed by atoms with Gasteiger partial charge in [-0.05, 0) is 49.2 Å². The summed E-state index contributed by atoms with van der Waals surface area (Å²) in [6.07, 6.45) is 1.47. The second-order valence-electron chi connectivity index (χ2n) is 6.47. The molecule has 0 bridgehead atoms. The molecular weight excluding hydrogens is 437 g/mol. The molecule has 1 aliphatic rings. The highest BCUT2D eigenvalue weighted by Crippen LogP contribution is 2.32. The number of hydrogen-bond donors (Lipinski definition) is 3. The first-order chi connectivity index (χ1) is 13.8. The van der Waals surface area contributed by atoms with Gasteiger partial charge in [-0.25, -0.2) is 0 Å². The van der Waals surface area contributed by atoms with E-state index < -0.39 is 11.9 Å². The zero-order valence-electron chi connectivity index (χ0n) is 15.2. The molecule has 1 fully saturated rings. The van der Waals surface area contributed by atoms with Crippen molar-refractivity contribution in [2.75, 3.05) is 16.8 Å². The van der Waals surface area contributed by atoms with Gasteiger partial charge in [0, 0.05) is 17.8 Å². The molecule has 1 unspecified atom stereocenters. The van der Waals surface area contributed by atoms with Gasteiger partial charge >= 0.3 is 0 Å². The summed E-state index contributed by atoms with van der Waals surface area (Å²) in [5.41, 5.74) is 12.1. The van der Waals surface area contributed by atoms with Crippen LogP contribution in [0.15, 0.2) is 41.4 Å². The summed E-state index contributed by atoms with van der Waals surface area (Å²) in [7, 11) is 0. The minimum Gasteiger partial charge on any atom is -0.370 e. The van der Waals surface area contributed by atoms with Crippen molar-refractivity contribution in [1.29, 1.82) is 0 Å². The summed E-state index contributed by atoms with van der Waals surface area (Å²) in [5.74, 6) is -1.03. The molecule has 5 N–H and O–H groups in total. The number of nitrogens with zero attached hydrogens (tertiary/aromatic N) is 2. The van der Waals surface area contributed by atoms with E-state index in [4.69, 9.17) is 46.3 Å². The van der Waals surface area contributed by atoms with Crippen molar-refractivity contribution >= 4 is 64.0 Å². The second kappa shape index (κ2) is 8.90. The lowest BCUT2D eigenvalue weighted by Gasteiger charge is -2.25. The Hall–Kier alpha value is -2.48. The van der Waals surface area contributed by atoms with Crippen LogP contribution in [0.3, 0.4) is 0 Å². The number of hydrogen-bond acceptors (Lipinski definition) is 3. The number of anilines is 2. The van der Waals surface area contributed by atoms with Crippen LogP contribution < -0.4 is 21.7 Å². The van der Waals surface area contributed by atoms with Crippen LogP contribution in [0, 0.1) is 0 Å². The number of carbonyl (C=O) groups is 2. The molecule has 7 nitrogen and oxygen atoms in total. The maximum Gasteiger partial charge on any atom is 0.271 e. The number of rotatable bonds is 4. The van der Waals surface area contributed by atoms with E-state index in [1.54, 1.807) is 30.3 Å². The van der Waals surface area contributed by atoms with E-state index in [0.717, 1.165) is 12.1 Å². The number of carbonyl (C=O) groups excluding carboxylic acids is 2. The standard InChI is InChI=1S/C19H18Cl3N5O2/c20-12-5-3-10(8-13(12)21)17(28)25-15-6-4-11(9-14(15)22)27-7-1-2-16(27)18(29)26-19(23)24/h3-6,8-9,16H,1-2,7H2,(H,25,28)(H4,23,24,26,29). The lowest BCUT2D eigenvalue weighted by molar-refractivity contribution is -0.118. The van der Waals surface area contributed by atoms with Gasteiger partial charge in [-0.3, -0.25) is 9.59 Å². The number of aliphatic imine (C=N–C) groups is 1. The molecule has 0 aromatic heterocycles. The highest BCUT2D eigenvalue weighted by atomic mass is 35.5. The van der Waals surface area contributed by atoms with Gasteiger partial charge in [0.1, 0.15) is 6.04 Å². The minimum absolute atomic E-state index is 0.264. The number of nitrogens with two attached hydrogens (primary N) is 2. The average molecular weight is 455 g/mol. The molecule has 10 heteroatoms. The minimum atomic E-state index is -0.454. The van der Waals surface area contributed by atoms with E-state index in [9.17, 15) is 9.59 Å². The topological polar surface area (TPSA) is 114 Å². The molecule has 2 amide bonds. The van der Waals surface area contributed by atoms with Crippen LogP contribution in [0.25, 0.3) is 0 Å². The summed E-state index contributed by atoms with van der Waals surface area (Å²) in [5, 5.41) is 3.71. The second-order valence-corrected chi connectivity index (χ2v) is 7.70. The monoisotopic (exact) mass is 453 g/mol. The Morgan fingerprint density at radius 1 is 1.03 bits per heavy atom. The van der Waals surface area contributed by atoms with Crippen LogP contribution in [0.4, 0.5) is 11.4 Å². The Kier molecular flexibility index (Phi) is 6.52. The average Bonchev–Trinajstić information content (AvgIpc) is 3.15. The highest BCUT2D eigenvalue weighted by Gasteiger charge is 2.31. The SMILES string of the molecule is NC(N)=NC(=O)C1CCCN1c1ccc(NC(=O)c2ccc(Cl)c(Cl)c2)c(Cl)c1. The molecule has 1 atom stereocenters. The summed E-state index contributed by atoms with van der Waals surface area (Å²) >= 11 is 18.2. The van der Waals surface area contributed by atoms with E-state index >= 15 is 0 Å². The van der Waals surface area contributed by atoms with E-state index in [1.165, 1.54) is 6.07 Å². The number of benzene rings is 2. The van der Waals surface area contributed by atoms with Crippen LogP contribution in [-0.4, -0.2) is 30.4 Å². The molecule has 3 rings (SSSR count). The van der Waals surface area contributed by atoms with Gasteiger partial charge in [-0.2, -0.15) is 4.99 Å². The van der Waals surface area contributed by atoms with Crippen LogP contribution in [0.5, 0.6) is 0 Å². The number of amides is 2. The van der Waals surface area contributed by atoms with Crippen LogP contribution in [0.1, 0.15) is 23.2 Å². The number of guanidine groups is 1. The molecule has 1 saturated heterocycles. The highest BCUT2D eigenvalue weighted by molar-refractivity contribution is 6.42. The van der Waals surface area contributed by atoms with Crippen molar-refractivity contribution in [3.63, 3.8) is 0 Å². The van der Waals surface area contributed by atoms with Crippen molar-refractivity contribution in [2.45, 2.75) is 18.9 Å². The summed E-state index contributed by atoms with van der Waals surface area (Å²) in [6.45, 7) is 0.668. The van der Waals surface area contributed by atoms with Gasteiger partial charge in [-0.15, -0.1) is 0 Å². The summed E-state index contributed by atoms with van der Waals surface area (Å²) in [6, 6.07) is 9.27. The Bertz CT molecular complexity index is 992. The molecule has 1 aliphatic heterocycles. The molecule has 2 aromatic carbocycles. The van der Waals surface area contributed by atoms with Gasteiger partial charge in [0.15, 0.2) is 5.96 Å². The normalized spacial score (nSPS) is 15.8. The summed E-state index contributed by atoms with van der Waals surface area (Å²) < 4.78 is 0. The number of halogens is 3. The lowest BCUT2D eigenvalue weighted by atomic mass is 10.1. The Balaban J connectivity index is 1.77. The lowest BCUT2D eigenvalue weighted by Crippen LogP contribution is -2.37. The van der Waals surface area contributed by atoms with Crippen LogP contribution >= 0.6 is 34.8 Å². The zero-order valence-corrected chi connectivity index (χ0v) is 17.4. The van der Waals surface area contributed by atoms with Crippen molar-refractivity contribution in [3.05, 3.63) is 57.0 Å². The Morgan fingerprint density at radius 2 is 1.79 bits per heavy atom. The predicted octanol–water partition coefficient (Wildman–Crippen LogP) is 3.67. The smallest absolute Gasteiger partial charge is 0.271 e. The van der Waals surface area contributed by atoms with E-state index in [-0.39, 0.29) is 16.9 Å². The molecule has 152 valence electrons. The van der Waals surface area contributed by atoms with Crippen LogP contribution in [-0.2, 0) is 4.79 Å². The maximum atomic E-state index is 12.5. The fourth-order valence-electron chi connectivity index (χ4n) is 3.15. The maximum absolute atomic E-state index is 12.5. The van der Waals surface area contributed by atoms with Crippen molar-refractivity contribution in [2.24, 2.45) is 16.5 Å². The molecule has 0 saturated carbocycles. The van der Waals surface area contributed by atoms with E-state index in [0.29, 0.717) is 34.3 Å². The third kappa shape index (κ3) is 4.93. The first kappa shape index (κ1) is 21.2. The Morgan fingerprint density at radius 3 is 2.45 bits per heavy atom. The van der Waals surface area contributed by atoms with Crippen molar-refractivity contribution in [1.82, 2.24) is 0 Å². The molecule has 0 spiro atoms.